The van der Waals surface area contributed by atoms with Crippen LogP contribution in [0.15, 0.2) is 36.4 Å². The van der Waals surface area contributed by atoms with Gasteiger partial charge in [-0.15, -0.1) is 0 Å². The molecule has 0 heterocycles. The molecule has 144 valence electrons. The minimum absolute atomic E-state index is 0.429. The summed E-state index contributed by atoms with van der Waals surface area (Å²) >= 11 is -2.55. The molecule has 2 aromatic rings. The van der Waals surface area contributed by atoms with E-state index in [1.165, 1.54) is 57.8 Å². The van der Waals surface area contributed by atoms with Crippen LogP contribution in [0.4, 0.5) is 0 Å². The van der Waals surface area contributed by atoms with Crippen molar-refractivity contribution in [1.29, 1.82) is 0 Å². The van der Waals surface area contributed by atoms with Gasteiger partial charge in [0.05, 0.1) is 0 Å². The van der Waals surface area contributed by atoms with Gasteiger partial charge in [0.2, 0.25) is 0 Å². The van der Waals surface area contributed by atoms with E-state index in [2.05, 4.69) is 13.0 Å². The van der Waals surface area contributed by atoms with Crippen LogP contribution in [0.3, 0.4) is 0 Å². The Kier molecular flexibility index (Phi) is 9.72. The molecule has 4 heteroatoms. The number of rotatable bonds is 13. The average molecular weight is 376 g/mol. The second kappa shape index (κ2) is 12.1. The Morgan fingerprint density at radius 3 is 2.15 bits per heavy atom. The van der Waals surface area contributed by atoms with Crippen molar-refractivity contribution < 1.29 is 12.9 Å². The fourth-order valence-electron chi connectivity index (χ4n) is 3.44. The quantitative estimate of drug-likeness (QED) is 0.297. The number of benzene rings is 2. The van der Waals surface area contributed by atoms with Gasteiger partial charge in [-0.1, -0.05) is 95.0 Å². The number of unbranched alkanes of at least 4 members (excludes halogenated alkanes) is 9. The maximum atomic E-state index is 10.9. The highest BCUT2D eigenvalue weighted by molar-refractivity contribution is 7.74. The van der Waals surface area contributed by atoms with Gasteiger partial charge in [0.25, 0.3) is 0 Å². The van der Waals surface area contributed by atoms with Crippen molar-refractivity contribution in [2.45, 2.75) is 77.6 Å². The molecule has 3 nitrogen and oxygen atoms in total. The molecule has 0 N–H and O–H groups in total. The Labute approximate surface area is 160 Å². The average Bonchev–Trinajstić information content (AvgIpc) is 2.63. The van der Waals surface area contributed by atoms with Crippen molar-refractivity contribution >= 4 is 22.1 Å². The van der Waals surface area contributed by atoms with Crippen molar-refractivity contribution in [2.24, 2.45) is 0 Å². The second-order valence-corrected chi connectivity index (χ2v) is 7.61. The van der Waals surface area contributed by atoms with Gasteiger partial charge in [-0.2, -0.15) is 0 Å². The van der Waals surface area contributed by atoms with E-state index in [1.54, 1.807) is 0 Å². The van der Waals surface area contributed by atoms with Crippen LogP contribution in [-0.2, 0) is 17.8 Å². The number of hydrogen-bond acceptors (Lipinski definition) is 3. The van der Waals surface area contributed by atoms with Gasteiger partial charge in [-0.3, -0.25) is 0 Å². The predicted octanol–water partition coefficient (Wildman–Crippen LogP) is 6.48. The molecule has 0 saturated carbocycles. The fraction of sp³-hybridized carbons (Fsp3) is 0.545. The first kappa shape index (κ1) is 20.9. The Balaban J connectivity index is 1.75. The molecule has 26 heavy (non-hydrogen) atoms. The molecule has 1 unspecified atom stereocenters. The maximum Gasteiger partial charge on any atom is 0.147 e. The molecular weight excluding hydrogens is 344 g/mol. The third-order valence-corrected chi connectivity index (χ3v) is 5.18. The topological polar surface area (TPSA) is 49.4 Å². The van der Waals surface area contributed by atoms with Crippen LogP contribution in [0, 0.1) is 0 Å². The summed E-state index contributed by atoms with van der Waals surface area (Å²) in [5.74, 6) is 0.429. The summed E-state index contributed by atoms with van der Waals surface area (Å²) in [5.41, 5.74) is 1.14. The third kappa shape index (κ3) is 7.46. The van der Waals surface area contributed by atoms with E-state index in [9.17, 15) is 8.76 Å². The molecule has 0 fully saturated rings. The summed E-state index contributed by atoms with van der Waals surface area (Å²) in [6.45, 7) is 2.25. The summed E-state index contributed by atoms with van der Waals surface area (Å²) < 4.78 is 26.9. The third-order valence-electron chi connectivity index (χ3n) is 4.86. The van der Waals surface area contributed by atoms with Crippen LogP contribution in [-0.4, -0.2) is 8.76 Å². The second-order valence-electron chi connectivity index (χ2n) is 7.03. The number of hydrogen-bond donors (Lipinski definition) is 0. The molecule has 0 aliphatic heterocycles. The zero-order valence-corrected chi connectivity index (χ0v) is 16.7. The van der Waals surface area contributed by atoms with E-state index in [0.29, 0.717) is 5.75 Å². The SMILES string of the molecule is CCCCCCCCCCCCc1cc(OS(=O)[O-])c2ccccc2c1. The summed E-state index contributed by atoms with van der Waals surface area (Å²) in [5, 5.41) is 1.86. The van der Waals surface area contributed by atoms with Crippen LogP contribution in [0.5, 0.6) is 5.75 Å². The summed E-state index contributed by atoms with van der Waals surface area (Å²) in [4.78, 5) is 0. The first-order valence-corrected chi connectivity index (χ1v) is 11.0. The molecule has 0 aromatic heterocycles. The van der Waals surface area contributed by atoms with Gasteiger partial charge in [0.1, 0.15) is 17.1 Å². The maximum absolute atomic E-state index is 10.9. The lowest BCUT2D eigenvalue weighted by atomic mass is 10.0. The smallest absolute Gasteiger partial charge is 0.147 e. The monoisotopic (exact) mass is 375 g/mol. The molecule has 2 aromatic carbocycles. The minimum Gasteiger partial charge on any atom is -0.740 e. The van der Waals surface area contributed by atoms with Crippen molar-refractivity contribution in [1.82, 2.24) is 0 Å². The summed E-state index contributed by atoms with van der Waals surface area (Å²) in [6, 6.07) is 11.8. The van der Waals surface area contributed by atoms with Crippen molar-refractivity contribution in [3.8, 4) is 5.75 Å². The van der Waals surface area contributed by atoms with Gasteiger partial charge in [-0.25, -0.2) is 4.21 Å². The molecule has 0 spiro atoms. The molecule has 0 saturated heterocycles. The standard InChI is InChI=1S/C22H32O3S/c1-2-3-4-5-6-7-8-9-10-11-14-19-17-20-15-12-13-16-21(20)22(18-19)25-26(23)24/h12-13,15-18H,2-11,14H2,1H3,(H,23,24)/p-1. The van der Waals surface area contributed by atoms with Gasteiger partial charge >= 0.3 is 0 Å². The van der Waals surface area contributed by atoms with Gasteiger partial charge in [-0.05, 0) is 29.9 Å². The van der Waals surface area contributed by atoms with E-state index in [4.69, 9.17) is 4.18 Å². The highest BCUT2D eigenvalue weighted by atomic mass is 32.2. The van der Waals surface area contributed by atoms with E-state index >= 15 is 0 Å². The van der Waals surface area contributed by atoms with Crippen LogP contribution in [0.25, 0.3) is 10.8 Å². The molecular formula is C22H31O3S-. The lowest BCUT2D eigenvalue weighted by Crippen LogP contribution is -1.99. The van der Waals surface area contributed by atoms with Crippen LogP contribution < -0.4 is 4.18 Å². The normalized spacial score (nSPS) is 12.4. The summed E-state index contributed by atoms with van der Waals surface area (Å²) in [7, 11) is 0. The Bertz CT molecular complexity index is 684. The van der Waals surface area contributed by atoms with Crippen LogP contribution in [0.1, 0.15) is 76.7 Å². The zero-order valence-electron chi connectivity index (χ0n) is 15.9. The van der Waals surface area contributed by atoms with Gasteiger partial charge in [0, 0.05) is 5.39 Å². The highest BCUT2D eigenvalue weighted by Gasteiger charge is 2.06. The number of aryl methyl sites for hydroxylation is 1. The van der Waals surface area contributed by atoms with E-state index in [-0.39, 0.29) is 0 Å². The Hall–Kier alpha value is -1.39. The van der Waals surface area contributed by atoms with Crippen molar-refractivity contribution in [2.75, 3.05) is 0 Å². The molecule has 0 aliphatic carbocycles. The van der Waals surface area contributed by atoms with Crippen molar-refractivity contribution in [3.63, 3.8) is 0 Å². The molecule has 1 atom stereocenters. The first-order chi connectivity index (χ1) is 12.7. The lowest BCUT2D eigenvalue weighted by Gasteiger charge is -2.12. The van der Waals surface area contributed by atoms with E-state index < -0.39 is 11.4 Å². The predicted molar refractivity (Wildman–Crippen MR) is 109 cm³/mol. The molecule has 2 rings (SSSR count). The van der Waals surface area contributed by atoms with E-state index in [0.717, 1.165) is 29.2 Å². The highest BCUT2D eigenvalue weighted by Crippen LogP contribution is 2.29. The van der Waals surface area contributed by atoms with Crippen LogP contribution >= 0.6 is 0 Å². The Morgan fingerprint density at radius 2 is 1.50 bits per heavy atom. The number of fused-ring (bicyclic) bond motifs is 1. The largest absolute Gasteiger partial charge is 0.740 e. The minimum atomic E-state index is -2.55. The zero-order chi connectivity index (χ0) is 18.6. The first-order valence-electron chi connectivity index (χ1n) is 10.00. The van der Waals surface area contributed by atoms with E-state index in [1.807, 2.05) is 30.3 Å². The van der Waals surface area contributed by atoms with Gasteiger partial charge < -0.3 is 8.74 Å². The lowest BCUT2D eigenvalue weighted by molar-refractivity contribution is 0.442. The Morgan fingerprint density at radius 1 is 0.885 bits per heavy atom. The van der Waals surface area contributed by atoms with Gasteiger partial charge in [0.15, 0.2) is 0 Å². The fourth-order valence-corrected chi connectivity index (χ4v) is 3.72. The van der Waals surface area contributed by atoms with Crippen LogP contribution in [0.2, 0.25) is 0 Å². The molecule has 0 amide bonds. The molecule has 0 bridgehead atoms. The van der Waals surface area contributed by atoms with Crippen molar-refractivity contribution in [3.05, 3.63) is 42.0 Å². The summed E-state index contributed by atoms with van der Waals surface area (Å²) in [6.07, 6.45) is 14.1. The molecule has 0 aliphatic rings. The molecule has 0 radical (unpaired) electrons.